The molecule has 0 saturated carbocycles. The van der Waals surface area contributed by atoms with E-state index in [-0.39, 0.29) is 0 Å². The van der Waals surface area contributed by atoms with Crippen LogP contribution in [0.1, 0.15) is 19.4 Å². The molecular weight excluding hydrogens is 349 g/mol. The van der Waals surface area contributed by atoms with Crippen molar-refractivity contribution in [1.29, 1.82) is 0 Å². The minimum Gasteiger partial charge on any atom is -0.319 e. The molecule has 0 unspecified atom stereocenters. The quantitative estimate of drug-likeness (QED) is 0.824. The van der Waals surface area contributed by atoms with E-state index in [9.17, 15) is 18.8 Å². The number of hydrogen-bond donors (Lipinski definition) is 1. The molecule has 27 heavy (non-hydrogen) atoms. The highest BCUT2D eigenvalue weighted by molar-refractivity contribution is 6.10. The van der Waals surface area contributed by atoms with Crippen LogP contribution in [0.4, 0.5) is 14.9 Å². The van der Waals surface area contributed by atoms with Gasteiger partial charge in [-0.05, 0) is 43.7 Å². The van der Waals surface area contributed by atoms with E-state index in [4.69, 9.17) is 0 Å². The van der Waals surface area contributed by atoms with Crippen LogP contribution >= 0.6 is 0 Å². The topological polar surface area (TPSA) is 69.7 Å². The van der Waals surface area contributed by atoms with Gasteiger partial charge < -0.3 is 10.2 Å². The average Bonchev–Trinajstić information content (AvgIpc) is 2.89. The summed E-state index contributed by atoms with van der Waals surface area (Å²) in [6, 6.07) is 13.7. The third kappa shape index (κ3) is 3.40. The molecule has 2 aromatic rings. The van der Waals surface area contributed by atoms with Crippen molar-refractivity contribution in [2.24, 2.45) is 0 Å². The number of rotatable bonds is 5. The van der Waals surface area contributed by atoms with Crippen molar-refractivity contribution in [1.82, 2.24) is 10.2 Å². The minimum absolute atomic E-state index is 0.323. The lowest BCUT2D eigenvalue weighted by molar-refractivity contribution is -0.134. The highest BCUT2D eigenvalue weighted by atomic mass is 19.1. The molecule has 2 aromatic carbocycles. The van der Waals surface area contributed by atoms with Gasteiger partial charge in [-0.2, -0.15) is 0 Å². The van der Waals surface area contributed by atoms with Gasteiger partial charge in [-0.25, -0.2) is 9.18 Å². The van der Waals surface area contributed by atoms with E-state index in [0.29, 0.717) is 17.8 Å². The fourth-order valence-corrected chi connectivity index (χ4v) is 3.15. The highest BCUT2D eigenvalue weighted by Gasteiger charge is 2.49. The maximum Gasteiger partial charge on any atom is 0.325 e. The molecule has 1 fully saturated rings. The Morgan fingerprint density at radius 1 is 1.11 bits per heavy atom. The lowest BCUT2D eigenvalue weighted by Gasteiger charge is -2.24. The molecule has 1 atom stereocenters. The lowest BCUT2D eigenvalue weighted by Crippen LogP contribution is -2.44. The van der Waals surface area contributed by atoms with Crippen molar-refractivity contribution in [2.45, 2.75) is 19.4 Å². The van der Waals surface area contributed by atoms with Gasteiger partial charge in [-0.15, -0.1) is 0 Å². The predicted molar refractivity (Wildman–Crippen MR) is 98.5 cm³/mol. The molecule has 0 spiro atoms. The maximum absolute atomic E-state index is 13.1. The van der Waals surface area contributed by atoms with E-state index in [1.807, 2.05) is 6.07 Å². The van der Waals surface area contributed by atoms with Crippen molar-refractivity contribution >= 4 is 23.5 Å². The van der Waals surface area contributed by atoms with Gasteiger partial charge in [0.1, 0.15) is 17.9 Å². The molecule has 1 saturated heterocycles. The Morgan fingerprint density at radius 3 is 2.33 bits per heavy atom. The van der Waals surface area contributed by atoms with Gasteiger partial charge in [-0.1, -0.05) is 30.3 Å². The number of carbonyl (C=O) groups excluding carboxylic acids is 3. The minimum atomic E-state index is -1.22. The molecule has 1 aliphatic rings. The van der Waals surface area contributed by atoms with Crippen LogP contribution in [0.25, 0.3) is 0 Å². The molecule has 140 valence electrons. The smallest absolute Gasteiger partial charge is 0.319 e. The zero-order valence-corrected chi connectivity index (χ0v) is 15.1. The number of amides is 4. The lowest BCUT2D eigenvalue weighted by atomic mass is 9.92. The van der Waals surface area contributed by atoms with Gasteiger partial charge >= 0.3 is 6.03 Å². The number of carbonyl (C=O) groups is 3. The third-order valence-corrected chi connectivity index (χ3v) is 4.68. The summed E-state index contributed by atoms with van der Waals surface area (Å²) >= 11 is 0. The Balaban J connectivity index is 1.80. The Hall–Kier alpha value is -3.22. The zero-order chi connectivity index (χ0) is 19.6. The molecule has 0 aromatic heterocycles. The first-order valence-corrected chi connectivity index (χ1v) is 8.62. The normalized spacial score (nSPS) is 19.1. The molecule has 1 aliphatic heterocycles. The Kier molecular flexibility index (Phi) is 4.94. The first-order valence-electron chi connectivity index (χ1n) is 8.62. The number of halogens is 1. The maximum atomic E-state index is 13.1. The molecule has 0 bridgehead atoms. The van der Waals surface area contributed by atoms with E-state index in [1.54, 1.807) is 38.1 Å². The summed E-state index contributed by atoms with van der Waals surface area (Å²) in [6.07, 6.45) is 0. The van der Waals surface area contributed by atoms with E-state index in [0.717, 1.165) is 4.90 Å². The van der Waals surface area contributed by atoms with Crippen LogP contribution in [-0.2, 0) is 15.1 Å². The second kappa shape index (κ2) is 7.19. The first-order chi connectivity index (χ1) is 12.9. The summed E-state index contributed by atoms with van der Waals surface area (Å²) in [6.45, 7) is 3.31. The van der Waals surface area contributed by atoms with Gasteiger partial charge in [0.05, 0.1) is 0 Å². The highest BCUT2D eigenvalue weighted by Crippen LogP contribution is 2.28. The molecule has 1 heterocycles. The Bertz CT molecular complexity index is 870. The van der Waals surface area contributed by atoms with Crippen LogP contribution in [0.15, 0.2) is 54.6 Å². The molecule has 6 nitrogen and oxygen atoms in total. The average molecular weight is 369 g/mol. The van der Waals surface area contributed by atoms with Crippen molar-refractivity contribution in [2.75, 3.05) is 18.0 Å². The van der Waals surface area contributed by atoms with Crippen LogP contribution in [0, 0.1) is 5.82 Å². The fraction of sp³-hybridized carbons (Fsp3) is 0.250. The second-order valence-electron chi connectivity index (χ2n) is 6.43. The molecule has 7 heteroatoms. The van der Waals surface area contributed by atoms with Gasteiger partial charge in [0.15, 0.2) is 0 Å². The number of likely N-dealkylation sites (N-methyl/N-ethyl adjacent to an activating group) is 1. The van der Waals surface area contributed by atoms with E-state index in [2.05, 4.69) is 5.32 Å². The molecule has 4 amide bonds. The molecule has 0 radical (unpaired) electrons. The van der Waals surface area contributed by atoms with E-state index in [1.165, 1.54) is 29.2 Å². The van der Waals surface area contributed by atoms with Crippen LogP contribution < -0.4 is 10.2 Å². The molecule has 0 aliphatic carbocycles. The van der Waals surface area contributed by atoms with Crippen molar-refractivity contribution < 1.29 is 18.8 Å². The number of nitrogens with one attached hydrogen (secondary N) is 1. The van der Waals surface area contributed by atoms with Gasteiger partial charge in [0, 0.05) is 12.2 Å². The monoisotopic (exact) mass is 369 g/mol. The number of imide groups is 1. The largest absolute Gasteiger partial charge is 0.325 e. The fourth-order valence-electron chi connectivity index (χ4n) is 3.15. The number of urea groups is 1. The van der Waals surface area contributed by atoms with Gasteiger partial charge in [0.2, 0.25) is 5.91 Å². The number of benzene rings is 2. The zero-order valence-electron chi connectivity index (χ0n) is 15.1. The third-order valence-electron chi connectivity index (χ3n) is 4.68. The Morgan fingerprint density at radius 2 is 1.74 bits per heavy atom. The summed E-state index contributed by atoms with van der Waals surface area (Å²) in [4.78, 5) is 40.3. The standard InChI is InChI=1S/C20H20FN3O3/c1-3-23(16-11-9-15(21)10-12-16)17(25)13-24-18(26)20(2,22-19(24)27)14-7-5-4-6-8-14/h4-12H,3,13H2,1-2H3,(H,22,27)/t20-/m0/s1. The summed E-state index contributed by atoms with van der Waals surface area (Å²) < 4.78 is 13.1. The summed E-state index contributed by atoms with van der Waals surface area (Å²) in [5.41, 5.74) is -0.0723. The van der Waals surface area contributed by atoms with Gasteiger partial charge in [0.25, 0.3) is 5.91 Å². The number of anilines is 1. The molecule has 1 N–H and O–H groups in total. The molecule has 3 rings (SSSR count). The molecular formula is C20H20FN3O3. The van der Waals surface area contributed by atoms with E-state index >= 15 is 0 Å². The van der Waals surface area contributed by atoms with E-state index < -0.39 is 35.7 Å². The predicted octanol–water partition coefficient (Wildman–Crippen LogP) is 2.65. The van der Waals surface area contributed by atoms with Crippen LogP contribution in [0.2, 0.25) is 0 Å². The van der Waals surface area contributed by atoms with Crippen LogP contribution in [-0.4, -0.2) is 35.8 Å². The number of nitrogens with zero attached hydrogens (tertiary/aromatic N) is 2. The van der Waals surface area contributed by atoms with Crippen LogP contribution in [0.5, 0.6) is 0 Å². The second-order valence-corrected chi connectivity index (χ2v) is 6.43. The van der Waals surface area contributed by atoms with Crippen molar-refractivity contribution in [3.8, 4) is 0 Å². The first kappa shape index (κ1) is 18.6. The van der Waals surface area contributed by atoms with Crippen molar-refractivity contribution in [3.63, 3.8) is 0 Å². The summed E-state index contributed by atoms with van der Waals surface area (Å²) in [5, 5.41) is 2.67. The summed E-state index contributed by atoms with van der Waals surface area (Å²) in [7, 11) is 0. The SMILES string of the molecule is CCN(C(=O)CN1C(=O)N[C@@](C)(c2ccccc2)C1=O)c1ccc(F)cc1. The van der Waals surface area contributed by atoms with Gasteiger partial charge in [-0.3, -0.25) is 14.5 Å². The Labute approximate surface area is 156 Å². The number of hydrogen-bond acceptors (Lipinski definition) is 3. The summed E-state index contributed by atoms with van der Waals surface area (Å²) in [5.74, 6) is -1.32. The van der Waals surface area contributed by atoms with Crippen LogP contribution in [0.3, 0.4) is 0 Å². The van der Waals surface area contributed by atoms with Crippen molar-refractivity contribution in [3.05, 3.63) is 66.0 Å².